The summed E-state index contributed by atoms with van der Waals surface area (Å²) in [5, 5.41) is 4.73. The predicted octanol–water partition coefficient (Wildman–Crippen LogP) is 19.5. The third-order valence-electron chi connectivity index (χ3n) is 17.6. The Labute approximate surface area is 454 Å². The van der Waals surface area contributed by atoms with Crippen LogP contribution in [0.4, 0.5) is 17.1 Å². The van der Waals surface area contributed by atoms with Gasteiger partial charge in [-0.2, -0.15) is 0 Å². The molecule has 1 aliphatic heterocycles. The van der Waals surface area contributed by atoms with Gasteiger partial charge >= 0.3 is 0 Å². The molecule has 0 spiro atoms. The Morgan fingerprint density at radius 1 is 0.308 bits per heavy atom. The van der Waals surface area contributed by atoms with Gasteiger partial charge in [-0.3, -0.25) is 9.97 Å². The zero-order valence-electron chi connectivity index (χ0n) is 43.9. The van der Waals surface area contributed by atoms with Gasteiger partial charge in [-0.15, -0.1) is 0 Å². The van der Waals surface area contributed by atoms with Gasteiger partial charge in [0.1, 0.15) is 0 Å². The monoisotopic (exact) mass is 996 g/mol. The molecule has 3 aromatic heterocycles. The summed E-state index contributed by atoms with van der Waals surface area (Å²) >= 11 is 0. The highest BCUT2D eigenvalue weighted by atomic mass is 15.2. The molecule has 0 bridgehead atoms. The lowest BCUT2D eigenvalue weighted by atomic mass is 9.82. The number of rotatable bonds is 6. The average Bonchev–Trinajstić information content (AvgIpc) is 4.07. The van der Waals surface area contributed by atoms with Gasteiger partial charge < -0.3 is 9.47 Å². The maximum absolute atomic E-state index is 4.89. The van der Waals surface area contributed by atoms with E-state index in [0.29, 0.717) is 0 Å². The fourth-order valence-electron chi connectivity index (χ4n) is 13.8. The van der Waals surface area contributed by atoms with Crippen molar-refractivity contribution in [3.63, 3.8) is 0 Å². The van der Waals surface area contributed by atoms with Crippen LogP contribution in [0.1, 0.15) is 49.9 Å². The van der Waals surface area contributed by atoms with Crippen LogP contribution >= 0.6 is 0 Å². The lowest BCUT2D eigenvalue weighted by Crippen LogP contribution is -2.15. The molecule has 3 aliphatic rings. The van der Waals surface area contributed by atoms with Crippen LogP contribution in [0.5, 0.6) is 0 Å². The van der Waals surface area contributed by atoms with Crippen molar-refractivity contribution in [1.29, 1.82) is 0 Å². The van der Waals surface area contributed by atoms with Crippen molar-refractivity contribution in [2.24, 2.45) is 0 Å². The van der Waals surface area contributed by atoms with Crippen LogP contribution in [0.15, 0.2) is 243 Å². The highest BCUT2D eigenvalue weighted by molar-refractivity contribution is 6.21. The minimum absolute atomic E-state index is 0.0584. The summed E-state index contributed by atoms with van der Waals surface area (Å²) in [6, 6.07) is 85.9. The smallest absolute Gasteiger partial charge is 0.0708 e. The summed E-state index contributed by atoms with van der Waals surface area (Å²) in [5.41, 5.74) is 28.7. The molecule has 4 heterocycles. The number of fused-ring (bicyclic) bond motifs is 11. The Hall–Kier alpha value is -9.64. The molecule has 0 radical (unpaired) electrons. The summed E-state index contributed by atoms with van der Waals surface area (Å²) in [6.07, 6.45) is 3.78. The van der Waals surface area contributed by atoms with Crippen LogP contribution in [0.3, 0.4) is 0 Å². The normalized spacial score (nSPS) is 14.1. The number of hydrogen-bond donors (Lipinski definition) is 0. The fraction of sp³-hybridized carbons (Fsp3) is 0.0811. The van der Waals surface area contributed by atoms with E-state index < -0.39 is 0 Å². The molecule has 0 fully saturated rings. The van der Waals surface area contributed by atoms with Crippen LogP contribution in [-0.2, 0) is 10.8 Å². The van der Waals surface area contributed by atoms with Crippen LogP contribution < -0.4 is 4.90 Å². The third kappa shape index (κ3) is 6.41. The first-order chi connectivity index (χ1) is 38.2. The Morgan fingerprint density at radius 2 is 0.859 bits per heavy atom. The van der Waals surface area contributed by atoms with Crippen molar-refractivity contribution < 1.29 is 0 Å². The summed E-state index contributed by atoms with van der Waals surface area (Å²) < 4.78 is 2.49. The summed E-state index contributed by atoms with van der Waals surface area (Å²) in [4.78, 5) is 12.2. The van der Waals surface area contributed by atoms with Crippen molar-refractivity contribution in [2.45, 2.75) is 38.5 Å². The van der Waals surface area contributed by atoms with E-state index in [0.717, 1.165) is 56.3 Å². The molecular formula is C74H52N4. The third-order valence-corrected chi connectivity index (χ3v) is 17.6. The van der Waals surface area contributed by atoms with Gasteiger partial charge in [0, 0.05) is 67.4 Å². The number of benzene rings is 10. The topological polar surface area (TPSA) is 34.0 Å². The van der Waals surface area contributed by atoms with Crippen LogP contribution in [-0.4, -0.2) is 14.5 Å². The quantitative estimate of drug-likeness (QED) is 0.166. The van der Waals surface area contributed by atoms with Crippen LogP contribution in [0.25, 0.3) is 116 Å². The van der Waals surface area contributed by atoms with E-state index in [2.05, 4.69) is 256 Å². The van der Waals surface area contributed by atoms with Gasteiger partial charge in [-0.05, 0) is 169 Å². The van der Waals surface area contributed by atoms with Crippen molar-refractivity contribution in [3.05, 3.63) is 265 Å². The van der Waals surface area contributed by atoms with E-state index in [1.54, 1.807) is 0 Å². The molecule has 0 saturated carbocycles. The van der Waals surface area contributed by atoms with Crippen LogP contribution in [0.2, 0.25) is 0 Å². The average molecular weight is 997 g/mol. The van der Waals surface area contributed by atoms with E-state index in [1.165, 1.54) is 99.4 Å². The summed E-state index contributed by atoms with van der Waals surface area (Å²) in [6.45, 7) is 9.40. The standard InChI is InChI=1S/C74H52N4/c1-73(2)62-23-7-5-20-52(62)57-40-47(28-33-64(57)73)45-16-13-18-50(38-45)77-68-35-30-49(66-25-9-11-36-75-66)42-59(68)61-43-60-56-32-31-54(67-26-10-12-37-76-67)55-22-15-27-69(72(55)56)78(70(60)44-71(61)77)51-19-14-17-46(39-51)48-29-34-65-58(41-48)53-21-6-8-24-63(53)74(65,3)4/h5-44H,1-4H3. The maximum atomic E-state index is 4.89. The van der Waals surface area contributed by atoms with Gasteiger partial charge in [0.05, 0.1) is 33.8 Å². The number of pyridine rings is 2. The van der Waals surface area contributed by atoms with Crippen LogP contribution in [0, 0.1) is 0 Å². The molecular weight excluding hydrogens is 945 g/mol. The molecule has 78 heavy (non-hydrogen) atoms. The van der Waals surface area contributed by atoms with Gasteiger partial charge in [0.25, 0.3) is 0 Å². The molecule has 10 aromatic carbocycles. The number of hydrogen-bond acceptors (Lipinski definition) is 3. The van der Waals surface area contributed by atoms with Gasteiger partial charge in [0.2, 0.25) is 0 Å². The second-order valence-electron chi connectivity index (χ2n) is 22.5. The van der Waals surface area contributed by atoms with Crippen molar-refractivity contribution in [2.75, 3.05) is 4.90 Å². The van der Waals surface area contributed by atoms with E-state index in [-0.39, 0.29) is 10.8 Å². The first-order valence-electron chi connectivity index (χ1n) is 27.2. The lowest BCUT2D eigenvalue weighted by molar-refractivity contribution is 0.660. The highest BCUT2D eigenvalue weighted by Gasteiger charge is 2.37. The molecule has 0 amide bonds. The van der Waals surface area contributed by atoms with Crippen molar-refractivity contribution in [3.8, 4) is 83.8 Å². The molecule has 368 valence electrons. The summed E-state index contributed by atoms with van der Waals surface area (Å²) in [7, 11) is 0. The zero-order valence-corrected chi connectivity index (χ0v) is 43.9. The molecule has 16 rings (SSSR count). The van der Waals surface area contributed by atoms with Gasteiger partial charge in [0.15, 0.2) is 0 Å². The molecule has 0 unspecified atom stereocenters. The Kier molecular flexibility index (Phi) is 9.40. The minimum atomic E-state index is -0.0644. The first kappa shape index (κ1) is 44.6. The Bertz CT molecular complexity index is 4670. The van der Waals surface area contributed by atoms with E-state index in [4.69, 9.17) is 9.97 Å². The SMILES string of the molecule is CC1(C)c2ccccc2-c2cc(-c3cccc(N4c5cc6c(cc5-c5ccc(-c7ccccn7)c7cccc4c57)c4cc(-c5ccccn5)ccc4n6-c4cccc(-c5ccc6c(c5)-c5ccccc5C6(C)C)c4)c3)ccc21. The number of aromatic nitrogens is 3. The lowest BCUT2D eigenvalue weighted by Gasteiger charge is -2.34. The van der Waals surface area contributed by atoms with Gasteiger partial charge in [-0.25, -0.2) is 0 Å². The van der Waals surface area contributed by atoms with E-state index >= 15 is 0 Å². The van der Waals surface area contributed by atoms with Gasteiger partial charge in [-0.1, -0.05) is 167 Å². The molecule has 13 aromatic rings. The highest BCUT2D eigenvalue weighted by Crippen LogP contribution is 2.56. The molecule has 0 N–H and O–H groups in total. The first-order valence-corrected chi connectivity index (χ1v) is 27.2. The predicted molar refractivity (Wildman–Crippen MR) is 324 cm³/mol. The van der Waals surface area contributed by atoms with Crippen molar-refractivity contribution >= 4 is 49.6 Å². The number of nitrogens with zero attached hydrogens (tertiary/aromatic N) is 4. The second-order valence-corrected chi connectivity index (χ2v) is 22.5. The van der Waals surface area contributed by atoms with E-state index in [1.807, 2.05) is 24.5 Å². The summed E-state index contributed by atoms with van der Waals surface area (Å²) in [5.74, 6) is 0. The Balaban J connectivity index is 0.934. The number of anilines is 3. The van der Waals surface area contributed by atoms with E-state index in [9.17, 15) is 0 Å². The second kappa shape index (κ2) is 16.4. The minimum Gasteiger partial charge on any atom is -0.309 e. The zero-order chi connectivity index (χ0) is 52.0. The molecule has 0 saturated heterocycles. The molecule has 4 nitrogen and oxygen atoms in total. The van der Waals surface area contributed by atoms with Crippen molar-refractivity contribution in [1.82, 2.24) is 14.5 Å². The molecule has 4 heteroatoms. The fourth-order valence-corrected chi connectivity index (χ4v) is 13.8. The Morgan fingerprint density at radius 3 is 1.53 bits per heavy atom. The largest absolute Gasteiger partial charge is 0.309 e. The molecule has 2 aliphatic carbocycles. The maximum Gasteiger partial charge on any atom is 0.0708 e. The molecule has 0 atom stereocenters.